The Kier molecular flexibility index (Phi) is 7.75. The molecule has 0 saturated heterocycles. The Morgan fingerprint density at radius 2 is 1.87 bits per heavy atom. The van der Waals surface area contributed by atoms with Crippen molar-refractivity contribution in [2.45, 2.75) is 40.2 Å². The molecular formula is C12H22N2O. The fourth-order valence-electron chi connectivity index (χ4n) is 0.910. The predicted molar refractivity (Wildman–Crippen MR) is 63.4 cm³/mol. The predicted octanol–water partition coefficient (Wildman–Crippen LogP) is 1.15. The van der Waals surface area contributed by atoms with Gasteiger partial charge in [0.2, 0.25) is 5.91 Å². The molecule has 0 aromatic carbocycles. The number of carbonyl (C=O) groups is 1. The summed E-state index contributed by atoms with van der Waals surface area (Å²) in [6, 6.07) is 0.507. The van der Waals surface area contributed by atoms with E-state index in [9.17, 15) is 4.79 Å². The lowest BCUT2D eigenvalue weighted by atomic mass is 10.2. The zero-order valence-electron chi connectivity index (χ0n) is 10.2. The molecule has 0 atom stereocenters. The number of hydrogen-bond donors (Lipinski definition) is 2. The van der Waals surface area contributed by atoms with Gasteiger partial charge in [0.05, 0.1) is 6.54 Å². The van der Waals surface area contributed by atoms with Crippen molar-refractivity contribution in [1.29, 1.82) is 0 Å². The first-order chi connectivity index (χ1) is 7.04. The van der Waals surface area contributed by atoms with Gasteiger partial charge in [-0.3, -0.25) is 4.79 Å². The van der Waals surface area contributed by atoms with Crippen molar-refractivity contribution >= 4 is 5.91 Å². The molecular weight excluding hydrogens is 188 g/mol. The molecule has 0 aromatic rings. The van der Waals surface area contributed by atoms with Gasteiger partial charge in [-0.25, -0.2) is 0 Å². The number of nitrogens with one attached hydrogen (secondary N) is 2. The molecule has 0 heterocycles. The first-order valence-electron chi connectivity index (χ1n) is 5.51. The standard InChI is InChI=1S/C12H22N2O/c1-10(2)12(15)14-9-7-5-6-8-13-11(3)4/h10-11,13H,6,8-9H2,1-4H3,(H,14,15). The third-order valence-corrected chi connectivity index (χ3v) is 1.80. The van der Waals surface area contributed by atoms with Crippen LogP contribution in [0, 0.1) is 17.8 Å². The van der Waals surface area contributed by atoms with Crippen LogP contribution in [0.1, 0.15) is 34.1 Å². The van der Waals surface area contributed by atoms with E-state index < -0.39 is 0 Å². The van der Waals surface area contributed by atoms with Crippen molar-refractivity contribution in [2.75, 3.05) is 13.1 Å². The molecule has 0 unspecified atom stereocenters. The highest BCUT2D eigenvalue weighted by Crippen LogP contribution is 1.88. The summed E-state index contributed by atoms with van der Waals surface area (Å²) in [5, 5.41) is 6.02. The molecule has 3 heteroatoms. The van der Waals surface area contributed by atoms with Crippen molar-refractivity contribution in [1.82, 2.24) is 10.6 Å². The lowest BCUT2D eigenvalue weighted by Crippen LogP contribution is -2.27. The summed E-state index contributed by atoms with van der Waals surface area (Å²) in [5.74, 6) is 6.03. The van der Waals surface area contributed by atoms with Crippen LogP contribution in [-0.2, 0) is 4.79 Å². The van der Waals surface area contributed by atoms with Gasteiger partial charge in [-0.1, -0.05) is 33.6 Å². The second-order valence-electron chi connectivity index (χ2n) is 4.08. The van der Waals surface area contributed by atoms with E-state index in [-0.39, 0.29) is 11.8 Å². The van der Waals surface area contributed by atoms with Gasteiger partial charge in [0, 0.05) is 24.9 Å². The fraction of sp³-hybridized carbons (Fsp3) is 0.750. The van der Waals surface area contributed by atoms with Crippen molar-refractivity contribution in [3.05, 3.63) is 0 Å². The molecule has 0 aliphatic rings. The number of carbonyl (C=O) groups excluding carboxylic acids is 1. The fourth-order valence-corrected chi connectivity index (χ4v) is 0.910. The van der Waals surface area contributed by atoms with E-state index in [0.717, 1.165) is 13.0 Å². The summed E-state index contributed by atoms with van der Waals surface area (Å²) >= 11 is 0. The second kappa shape index (κ2) is 8.31. The maximum atomic E-state index is 11.1. The molecule has 0 aromatic heterocycles. The monoisotopic (exact) mass is 210 g/mol. The number of amides is 1. The summed E-state index contributed by atoms with van der Waals surface area (Å²) in [5.41, 5.74) is 0. The molecule has 0 spiro atoms. The lowest BCUT2D eigenvalue weighted by molar-refractivity contribution is -0.123. The molecule has 1 amide bonds. The number of hydrogen-bond acceptors (Lipinski definition) is 2. The zero-order chi connectivity index (χ0) is 11.7. The molecule has 0 bridgehead atoms. The minimum Gasteiger partial charge on any atom is -0.345 e. The van der Waals surface area contributed by atoms with Crippen LogP contribution in [0.2, 0.25) is 0 Å². The van der Waals surface area contributed by atoms with Gasteiger partial charge in [-0.05, 0) is 0 Å². The molecule has 0 saturated carbocycles. The Morgan fingerprint density at radius 1 is 1.20 bits per heavy atom. The topological polar surface area (TPSA) is 41.1 Å². The number of rotatable bonds is 5. The third kappa shape index (κ3) is 9.30. The van der Waals surface area contributed by atoms with Gasteiger partial charge in [-0.15, -0.1) is 5.92 Å². The van der Waals surface area contributed by atoms with E-state index >= 15 is 0 Å². The van der Waals surface area contributed by atoms with Gasteiger partial charge in [-0.2, -0.15) is 0 Å². The SMILES string of the molecule is CC(C)NCCC#CCNC(=O)C(C)C. The van der Waals surface area contributed by atoms with Crippen LogP contribution in [0.4, 0.5) is 0 Å². The van der Waals surface area contributed by atoms with Crippen LogP contribution >= 0.6 is 0 Å². The molecule has 0 aliphatic carbocycles. The molecule has 0 radical (unpaired) electrons. The summed E-state index contributed by atoms with van der Waals surface area (Å²) in [4.78, 5) is 11.1. The Balaban J connectivity index is 3.43. The maximum absolute atomic E-state index is 11.1. The summed E-state index contributed by atoms with van der Waals surface area (Å²) in [6.07, 6.45) is 0.829. The first-order valence-corrected chi connectivity index (χ1v) is 5.51. The highest BCUT2D eigenvalue weighted by Gasteiger charge is 2.03. The minimum atomic E-state index is 0.0365. The highest BCUT2D eigenvalue weighted by atomic mass is 16.1. The van der Waals surface area contributed by atoms with Crippen LogP contribution < -0.4 is 10.6 Å². The van der Waals surface area contributed by atoms with Crippen molar-refractivity contribution in [3.63, 3.8) is 0 Å². The smallest absolute Gasteiger partial charge is 0.223 e. The van der Waals surface area contributed by atoms with Gasteiger partial charge in [0.1, 0.15) is 0 Å². The molecule has 0 fully saturated rings. The van der Waals surface area contributed by atoms with Gasteiger partial charge in [0.15, 0.2) is 0 Å². The van der Waals surface area contributed by atoms with E-state index in [0.29, 0.717) is 12.6 Å². The summed E-state index contributed by atoms with van der Waals surface area (Å²) in [6.45, 7) is 9.32. The van der Waals surface area contributed by atoms with E-state index in [1.807, 2.05) is 13.8 Å². The molecule has 3 nitrogen and oxygen atoms in total. The maximum Gasteiger partial charge on any atom is 0.223 e. The van der Waals surface area contributed by atoms with E-state index in [2.05, 4.69) is 36.3 Å². The Morgan fingerprint density at radius 3 is 2.40 bits per heavy atom. The molecule has 2 N–H and O–H groups in total. The van der Waals surface area contributed by atoms with Crippen LogP contribution in [0.3, 0.4) is 0 Å². The quantitative estimate of drug-likeness (QED) is 0.528. The third-order valence-electron chi connectivity index (χ3n) is 1.80. The Hall–Kier alpha value is -1.01. The van der Waals surface area contributed by atoms with Crippen LogP contribution in [0.5, 0.6) is 0 Å². The van der Waals surface area contributed by atoms with Gasteiger partial charge < -0.3 is 10.6 Å². The largest absolute Gasteiger partial charge is 0.345 e. The normalized spacial score (nSPS) is 10.0. The minimum absolute atomic E-state index is 0.0365. The van der Waals surface area contributed by atoms with Gasteiger partial charge >= 0.3 is 0 Å². The summed E-state index contributed by atoms with van der Waals surface area (Å²) < 4.78 is 0. The molecule has 0 aliphatic heterocycles. The zero-order valence-corrected chi connectivity index (χ0v) is 10.2. The molecule has 15 heavy (non-hydrogen) atoms. The molecule has 86 valence electrons. The van der Waals surface area contributed by atoms with Crippen LogP contribution in [0.25, 0.3) is 0 Å². The van der Waals surface area contributed by atoms with Crippen molar-refractivity contribution in [2.24, 2.45) is 5.92 Å². The highest BCUT2D eigenvalue weighted by molar-refractivity contribution is 5.78. The average Bonchev–Trinajstić information content (AvgIpc) is 2.15. The van der Waals surface area contributed by atoms with Gasteiger partial charge in [0.25, 0.3) is 0 Å². The van der Waals surface area contributed by atoms with Crippen LogP contribution in [0.15, 0.2) is 0 Å². The van der Waals surface area contributed by atoms with E-state index in [4.69, 9.17) is 0 Å². The van der Waals surface area contributed by atoms with Crippen LogP contribution in [-0.4, -0.2) is 25.0 Å². The Labute approximate surface area is 93.0 Å². The van der Waals surface area contributed by atoms with Crippen molar-refractivity contribution < 1.29 is 4.79 Å². The van der Waals surface area contributed by atoms with Crippen molar-refractivity contribution in [3.8, 4) is 11.8 Å². The van der Waals surface area contributed by atoms with E-state index in [1.54, 1.807) is 0 Å². The Bertz CT molecular complexity index is 236. The molecule has 0 rings (SSSR count). The first kappa shape index (κ1) is 14.0. The summed E-state index contributed by atoms with van der Waals surface area (Å²) in [7, 11) is 0. The second-order valence-corrected chi connectivity index (χ2v) is 4.08. The van der Waals surface area contributed by atoms with E-state index in [1.165, 1.54) is 0 Å². The average molecular weight is 210 g/mol. The lowest BCUT2D eigenvalue weighted by Gasteiger charge is -2.04.